The van der Waals surface area contributed by atoms with E-state index in [0.29, 0.717) is 6.54 Å². The van der Waals surface area contributed by atoms with E-state index >= 15 is 0 Å². The number of carbonyl (C=O) groups excluding carboxylic acids is 1. The summed E-state index contributed by atoms with van der Waals surface area (Å²) in [5.41, 5.74) is 2.36. The van der Waals surface area contributed by atoms with E-state index in [-0.39, 0.29) is 5.92 Å². The highest BCUT2D eigenvalue weighted by molar-refractivity contribution is 9.10. The van der Waals surface area contributed by atoms with Gasteiger partial charge in [-0.25, -0.2) is 0 Å². The highest BCUT2D eigenvalue weighted by atomic mass is 79.9. The van der Waals surface area contributed by atoms with Crippen molar-refractivity contribution in [3.8, 4) is 0 Å². The standard InChI is InChI=1S/C17H18BrNO/c18-17-8-6-15(7-9-17)16(13-20)12-19-11-10-14-4-2-1-3-5-14/h1-9,13,16,19H,10-12H2. The molecule has 3 heteroatoms. The van der Waals surface area contributed by atoms with Crippen LogP contribution in [0, 0.1) is 0 Å². The lowest BCUT2D eigenvalue weighted by molar-refractivity contribution is -0.109. The van der Waals surface area contributed by atoms with Crippen LogP contribution in [-0.4, -0.2) is 19.4 Å². The van der Waals surface area contributed by atoms with E-state index in [0.717, 1.165) is 29.3 Å². The predicted octanol–water partition coefficient (Wildman–Crippen LogP) is 3.56. The predicted molar refractivity (Wildman–Crippen MR) is 86.0 cm³/mol. The highest BCUT2D eigenvalue weighted by Gasteiger charge is 2.09. The fourth-order valence-electron chi connectivity index (χ4n) is 2.09. The number of aldehydes is 1. The number of carbonyl (C=O) groups is 1. The minimum absolute atomic E-state index is 0.0844. The maximum Gasteiger partial charge on any atom is 0.128 e. The zero-order valence-electron chi connectivity index (χ0n) is 11.3. The van der Waals surface area contributed by atoms with Crippen LogP contribution in [0.15, 0.2) is 59.1 Å². The van der Waals surface area contributed by atoms with Crippen LogP contribution in [0.25, 0.3) is 0 Å². The number of hydrogen-bond donors (Lipinski definition) is 1. The fraction of sp³-hybridized carbons (Fsp3) is 0.235. The zero-order chi connectivity index (χ0) is 14.2. The molecule has 0 saturated heterocycles. The van der Waals surface area contributed by atoms with E-state index in [4.69, 9.17) is 0 Å². The van der Waals surface area contributed by atoms with Crippen molar-refractivity contribution >= 4 is 22.2 Å². The van der Waals surface area contributed by atoms with Crippen LogP contribution < -0.4 is 5.32 Å². The molecule has 0 heterocycles. The molecule has 0 aliphatic carbocycles. The van der Waals surface area contributed by atoms with Crippen molar-refractivity contribution in [1.82, 2.24) is 5.32 Å². The van der Waals surface area contributed by atoms with Crippen molar-refractivity contribution < 1.29 is 4.79 Å². The Morgan fingerprint density at radius 1 is 1.05 bits per heavy atom. The van der Waals surface area contributed by atoms with E-state index in [1.165, 1.54) is 5.56 Å². The van der Waals surface area contributed by atoms with Crippen LogP contribution in [0.5, 0.6) is 0 Å². The molecule has 104 valence electrons. The van der Waals surface area contributed by atoms with Gasteiger partial charge in [0, 0.05) is 11.0 Å². The largest absolute Gasteiger partial charge is 0.315 e. The summed E-state index contributed by atoms with van der Waals surface area (Å²) in [6, 6.07) is 18.3. The molecule has 2 aromatic carbocycles. The maximum atomic E-state index is 11.2. The number of nitrogens with one attached hydrogen (secondary N) is 1. The van der Waals surface area contributed by atoms with Gasteiger partial charge in [0.15, 0.2) is 0 Å². The molecule has 0 aliphatic rings. The quantitative estimate of drug-likeness (QED) is 0.620. The molecule has 0 radical (unpaired) electrons. The molecular weight excluding hydrogens is 314 g/mol. The second-order valence-corrected chi connectivity index (χ2v) is 5.65. The molecule has 0 aromatic heterocycles. The molecule has 0 saturated carbocycles. The second kappa shape index (κ2) is 7.98. The molecule has 0 aliphatic heterocycles. The van der Waals surface area contributed by atoms with E-state index in [9.17, 15) is 4.79 Å². The third-order valence-corrected chi connectivity index (χ3v) is 3.79. The Morgan fingerprint density at radius 3 is 2.40 bits per heavy atom. The van der Waals surface area contributed by atoms with Gasteiger partial charge in [0.2, 0.25) is 0 Å². The minimum atomic E-state index is -0.0844. The molecule has 2 nitrogen and oxygen atoms in total. The number of rotatable bonds is 7. The summed E-state index contributed by atoms with van der Waals surface area (Å²) in [7, 11) is 0. The second-order valence-electron chi connectivity index (χ2n) is 4.73. The number of halogens is 1. The van der Waals surface area contributed by atoms with Gasteiger partial charge in [0.05, 0.1) is 5.92 Å². The van der Waals surface area contributed by atoms with E-state index in [2.05, 4.69) is 33.4 Å². The molecule has 1 N–H and O–H groups in total. The maximum absolute atomic E-state index is 11.2. The van der Waals surface area contributed by atoms with E-state index < -0.39 is 0 Å². The summed E-state index contributed by atoms with van der Waals surface area (Å²) >= 11 is 3.40. The smallest absolute Gasteiger partial charge is 0.128 e. The molecule has 0 amide bonds. The third kappa shape index (κ3) is 4.58. The van der Waals surface area contributed by atoms with Gasteiger partial charge in [0.1, 0.15) is 6.29 Å². The van der Waals surface area contributed by atoms with Crippen LogP contribution in [0.2, 0.25) is 0 Å². The monoisotopic (exact) mass is 331 g/mol. The number of hydrogen-bond acceptors (Lipinski definition) is 2. The first kappa shape index (κ1) is 14.9. The van der Waals surface area contributed by atoms with Gasteiger partial charge in [-0.2, -0.15) is 0 Å². The van der Waals surface area contributed by atoms with Crippen molar-refractivity contribution in [2.24, 2.45) is 0 Å². The summed E-state index contributed by atoms with van der Waals surface area (Å²) in [4.78, 5) is 11.2. The lowest BCUT2D eigenvalue weighted by Gasteiger charge is -2.12. The van der Waals surface area contributed by atoms with Crippen LogP contribution in [0.3, 0.4) is 0 Å². The van der Waals surface area contributed by atoms with Gasteiger partial charge >= 0.3 is 0 Å². The third-order valence-electron chi connectivity index (χ3n) is 3.26. The van der Waals surface area contributed by atoms with Gasteiger partial charge in [-0.1, -0.05) is 58.4 Å². The highest BCUT2D eigenvalue weighted by Crippen LogP contribution is 2.16. The summed E-state index contributed by atoms with van der Waals surface area (Å²) in [6.07, 6.45) is 1.99. The van der Waals surface area contributed by atoms with E-state index in [1.807, 2.05) is 42.5 Å². The molecule has 0 fully saturated rings. The molecule has 20 heavy (non-hydrogen) atoms. The lowest BCUT2D eigenvalue weighted by Crippen LogP contribution is -2.24. The van der Waals surface area contributed by atoms with Crippen molar-refractivity contribution in [1.29, 1.82) is 0 Å². The van der Waals surface area contributed by atoms with Crippen molar-refractivity contribution in [2.45, 2.75) is 12.3 Å². The molecule has 1 unspecified atom stereocenters. The molecule has 2 rings (SSSR count). The van der Waals surface area contributed by atoms with Crippen molar-refractivity contribution in [3.05, 3.63) is 70.2 Å². The Hall–Kier alpha value is -1.45. The van der Waals surface area contributed by atoms with Gasteiger partial charge in [-0.05, 0) is 36.2 Å². The first-order valence-corrected chi connectivity index (χ1v) is 7.54. The van der Waals surface area contributed by atoms with Gasteiger partial charge in [0.25, 0.3) is 0 Å². The Morgan fingerprint density at radius 2 is 1.75 bits per heavy atom. The normalized spacial score (nSPS) is 12.1. The fourth-order valence-corrected chi connectivity index (χ4v) is 2.35. The molecule has 0 bridgehead atoms. The van der Waals surface area contributed by atoms with Crippen LogP contribution in [0.1, 0.15) is 17.0 Å². The lowest BCUT2D eigenvalue weighted by atomic mass is 10.0. The van der Waals surface area contributed by atoms with Gasteiger partial charge in [-0.3, -0.25) is 0 Å². The summed E-state index contributed by atoms with van der Waals surface area (Å²) in [5, 5.41) is 3.36. The van der Waals surface area contributed by atoms with Crippen molar-refractivity contribution in [3.63, 3.8) is 0 Å². The summed E-state index contributed by atoms with van der Waals surface area (Å²) in [6.45, 7) is 1.56. The first-order valence-electron chi connectivity index (χ1n) is 6.75. The number of benzene rings is 2. The molecule has 1 atom stereocenters. The first-order chi connectivity index (χ1) is 9.79. The summed E-state index contributed by atoms with van der Waals surface area (Å²) < 4.78 is 1.03. The Balaban J connectivity index is 1.79. The topological polar surface area (TPSA) is 29.1 Å². The van der Waals surface area contributed by atoms with Crippen LogP contribution in [-0.2, 0) is 11.2 Å². The summed E-state index contributed by atoms with van der Waals surface area (Å²) in [5.74, 6) is -0.0844. The Bertz CT molecular complexity index is 524. The molecule has 0 spiro atoms. The zero-order valence-corrected chi connectivity index (χ0v) is 12.8. The Labute approximate surface area is 128 Å². The van der Waals surface area contributed by atoms with Crippen LogP contribution >= 0.6 is 15.9 Å². The average molecular weight is 332 g/mol. The van der Waals surface area contributed by atoms with Crippen molar-refractivity contribution in [2.75, 3.05) is 13.1 Å². The SMILES string of the molecule is O=CC(CNCCc1ccccc1)c1ccc(Br)cc1. The molecule has 2 aromatic rings. The van der Waals surface area contributed by atoms with E-state index in [1.54, 1.807) is 0 Å². The van der Waals surface area contributed by atoms with Gasteiger partial charge in [-0.15, -0.1) is 0 Å². The Kier molecular flexibility index (Phi) is 5.96. The van der Waals surface area contributed by atoms with Gasteiger partial charge < -0.3 is 10.1 Å². The minimum Gasteiger partial charge on any atom is -0.315 e. The average Bonchev–Trinajstić information content (AvgIpc) is 2.50. The molecular formula is C17H18BrNO. The van der Waals surface area contributed by atoms with Crippen LogP contribution in [0.4, 0.5) is 0 Å².